The molecule has 1 aliphatic rings. The number of allylic oxidation sites excluding steroid dienone is 3. The lowest BCUT2D eigenvalue weighted by atomic mass is 9.68. The first-order valence-electron chi connectivity index (χ1n) is 5.50. The van der Waals surface area contributed by atoms with Gasteiger partial charge in [0.1, 0.15) is 0 Å². The highest BCUT2D eigenvalue weighted by atomic mass is 16.3. The van der Waals surface area contributed by atoms with Gasteiger partial charge in [0.05, 0.1) is 0 Å². The van der Waals surface area contributed by atoms with E-state index in [-0.39, 0.29) is 0 Å². The lowest BCUT2D eigenvalue weighted by Gasteiger charge is -2.37. The van der Waals surface area contributed by atoms with E-state index < -0.39 is 0 Å². The maximum atomic E-state index is 9.11. The molecule has 0 radical (unpaired) electrons. The first-order valence-corrected chi connectivity index (χ1v) is 5.50. The molecule has 0 bridgehead atoms. The smallest absolute Gasteiger partial charge is 0.0436 e. The Bertz CT molecular complexity index is 240. The van der Waals surface area contributed by atoms with Crippen molar-refractivity contribution in [1.82, 2.24) is 0 Å². The van der Waals surface area contributed by atoms with Crippen molar-refractivity contribution >= 4 is 0 Å². The van der Waals surface area contributed by atoms with Gasteiger partial charge in [0, 0.05) is 6.61 Å². The third-order valence-electron chi connectivity index (χ3n) is 3.62. The van der Waals surface area contributed by atoms with Gasteiger partial charge in [-0.2, -0.15) is 0 Å². The minimum Gasteiger partial charge on any atom is -0.396 e. The molecule has 0 fully saturated rings. The molecule has 14 heavy (non-hydrogen) atoms. The standard InChI is InChI=1S/C13H22O/c1-4-6-13(8-9-14)7-5-11(2)12(3)10-13/h4,14H,1,5-10H2,2-3H3. The van der Waals surface area contributed by atoms with Crippen molar-refractivity contribution in [2.75, 3.05) is 6.61 Å². The van der Waals surface area contributed by atoms with Crippen LogP contribution in [0.2, 0.25) is 0 Å². The highest BCUT2D eigenvalue weighted by Gasteiger charge is 2.31. The van der Waals surface area contributed by atoms with E-state index in [1.165, 1.54) is 18.4 Å². The van der Waals surface area contributed by atoms with Gasteiger partial charge in [0.2, 0.25) is 0 Å². The van der Waals surface area contributed by atoms with Crippen LogP contribution < -0.4 is 0 Å². The van der Waals surface area contributed by atoms with E-state index in [4.69, 9.17) is 5.11 Å². The number of aliphatic hydroxyl groups excluding tert-OH is 1. The van der Waals surface area contributed by atoms with E-state index in [0.717, 1.165) is 19.3 Å². The zero-order valence-electron chi connectivity index (χ0n) is 9.47. The van der Waals surface area contributed by atoms with Gasteiger partial charge in [-0.15, -0.1) is 6.58 Å². The molecule has 0 aromatic carbocycles. The van der Waals surface area contributed by atoms with Gasteiger partial charge in [-0.05, 0) is 51.4 Å². The SMILES string of the molecule is C=CCC1(CCO)CCC(C)=C(C)C1. The van der Waals surface area contributed by atoms with Gasteiger partial charge in [0.15, 0.2) is 0 Å². The zero-order valence-corrected chi connectivity index (χ0v) is 9.47. The van der Waals surface area contributed by atoms with Crippen molar-refractivity contribution in [3.63, 3.8) is 0 Å². The van der Waals surface area contributed by atoms with Crippen molar-refractivity contribution < 1.29 is 5.11 Å². The first-order chi connectivity index (χ1) is 6.63. The molecule has 0 spiro atoms. The molecule has 0 saturated heterocycles. The summed E-state index contributed by atoms with van der Waals surface area (Å²) in [5.41, 5.74) is 3.37. The molecule has 1 aliphatic carbocycles. The van der Waals surface area contributed by atoms with Crippen LogP contribution in [0.25, 0.3) is 0 Å². The molecule has 0 aliphatic heterocycles. The van der Waals surface area contributed by atoms with E-state index in [0.29, 0.717) is 12.0 Å². The van der Waals surface area contributed by atoms with Crippen molar-refractivity contribution in [2.24, 2.45) is 5.41 Å². The van der Waals surface area contributed by atoms with Crippen molar-refractivity contribution in [3.8, 4) is 0 Å². The molecule has 1 atom stereocenters. The topological polar surface area (TPSA) is 20.2 Å². The predicted octanol–water partition coefficient (Wildman–Crippen LogP) is 3.45. The van der Waals surface area contributed by atoms with Gasteiger partial charge in [0.25, 0.3) is 0 Å². The van der Waals surface area contributed by atoms with Crippen LogP contribution in [0.1, 0.15) is 46.0 Å². The lowest BCUT2D eigenvalue weighted by Crippen LogP contribution is -2.25. The normalized spacial score (nSPS) is 27.9. The monoisotopic (exact) mass is 194 g/mol. The summed E-state index contributed by atoms with van der Waals surface area (Å²) in [5.74, 6) is 0. The van der Waals surface area contributed by atoms with E-state index in [2.05, 4.69) is 20.4 Å². The zero-order chi connectivity index (χ0) is 10.6. The van der Waals surface area contributed by atoms with Gasteiger partial charge in [-0.1, -0.05) is 17.2 Å². The van der Waals surface area contributed by atoms with Crippen LogP contribution >= 0.6 is 0 Å². The average Bonchev–Trinajstić information content (AvgIpc) is 2.13. The Morgan fingerprint density at radius 2 is 2.14 bits per heavy atom. The Balaban J connectivity index is 2.76. The van der Waals surface area contributed by atoms with Gasteiger partial charge in [-0.25, -0.2) is 0 Å². The fraction of sp³-hybridized carbons (Fsp3) is 0.692. The summed E-state index contributed by atoms with van der Waals surface area (Å²) < 4.78 is 0. The van der Waals surface area contributed by atoms with Crippen molar-refractivity contribution in [1.29, 1.82) is 0 Å². The fourth-order valence-corrected chi connectivity index (χ4v) is 2.50. The highest BCUT2D eigenvalue weighted by molar-refractivity contribution is 5.17. The molecule has 0 aromatic heterocycles. The Labute approximate surface area is 87.5 Å². The summed E-state index contributed by atoms with van der Waals surface area (Å²) in [6.07, 6.45) is 7.51. The van der Waals surface area contributed by atoms with E-state index in [1.807, 2.05) is 6.08 Å². The molecule has 80 valence electrons. The molecule has 1 rings (SSSR count). The van der Waals surface area contributed by atoms with E-state index in [1.54, 1.807) is 5.57 Å². The largest absolute Gasteiger partial charge is 0.396 e. The van der Waals surface area contributed by atoms with Crippen molar-refractivity contribution in [2.45, 2.75) is 46.0 Å². The second-order valence-corrected chi connectivity index (χ2v) is 4.70. The van der Waals surface area contributed by atoms with E-state index in [9.17, 15) is 0 Å². The molecule has 1 nitrogen and oxygen atoms in total. The number of hydrogen-bond donors (Lipinski definition) is 1. The van der Waals surface area contributed by atoms with Gasteiger partial charge in [-0.3, -0.25) is 0 Å². The molecule has 1 heteroatoms. The fourth-order valence-electron chi connectivity index (χ4n) is 2.50. The molecule has 0 amide bonds. The minimum atomic E-state index is 0.306. The Morgan fingerprint density at radius 3 is 2.64 bits per heavy atom. The summed E-state index contributed by atoms with van der Waals surface area (Å²) in [6, 6.07) is 0. The highest BCUT2D eigenvalue weighted by Crippen LogP contribution is 2.44. The lowest BCUT2D eigenvalue weighted by molar-refractivity contribution is 0.162. The Hall–Kier alpha value is -0.560. The Kier molecular flexibility index (Phi) is 3.94. The second-order valence-electron chi connectivity index (χ2n) is 4.70. The summed E-state index contributed by atoms with van der Waals surface area (Å²) >= 11 is 0. The quantitative estimate of drug-likeness (QED) is 0.680. The van der Waals surface area contributed by atoms with Crippen LogP contribution in [0.4, 0.5) is 0 Å². The number of aliphatic hydroxyl groups is 1. The van der Waals surface area contributed by atoms with Gasteiger partial charge < -0.3 is 5.11 Å². The maximum absolute atomic E-state index is 9.11. The van der Waals surface area contributed by atoms with E-state index >= 15 is 0 Å². The van der Waals surface area contributed by atoms with Crippen LogP contribution in [0.3, 0.4) is 0 Å². The molecule has 0 heterocycles. The number of hydrogen-bond acceptors (Lipinski definition) is 1. The summed E-state index contributed by atoms with van der Waals surface area (Å²) in [6.45, 7) is 8.59. The van der Waals surface area contributed by atoms with Crippen LogP contribution in [-0.4, -0.2) is 11.7 Å². The first kappa shape index (κ1) is 11.5. The molecule has 0 aromatic rings. The predicted molar refractivity (Wildman–Crippen MR) is 61.2 cm³/mol. The van der Waals surface area contributed by atoms with Crippen molar-refractivity contribution in [3.05, 3.63) is 23.8 Å². The van der Waals surface area contributed by atoms with Crippen LogP contribution in [-0.2, 0) is 0 Å². The molecular weight excluding hydrogens is 172 g/mol. The third-order valence-corrected chi connectivity index (χ3v) is 3.62. The minimum absolute atomic E-state index is 0.306. The average molecular weight is 194 g/mol. The molecule has 0 saturated carbocycles. The summed E-state index contributed by atoms with van der Waals surface area (Å²) in [5, 5.41) is 9.11. The maximum Gasteiger partial charge on any atom is 0.0436 e. The second kappa shape index (κ2) is 4.79. The van der Waals surface area contributed by atoms with Gasteiger partial charge >= 0.3 is 0 Å². The van der Waals surface area contributed by atoms with Crippen LogP contribution in [0.15, 0.2) is 23.8 Å². The number of rotatable bonds is 4. The van der Waals surface area contributed by atoms with Crippen LogP contribution in [0.5, 0.6) is 0 Å². The molecule has 1 N–H and O–H groups in total. The Morgan fingerprint density at radius 1 is 1.43 bits per heavy atom. The van der Waals surface area contributed by atoms with Crippen LogP contribution in [0, 0.1) is 5.41 Å². The summed E-state index contributed by atoms with van der Waals surface area (Å²) in [7, 11) is 0. The third kappa shape index (κ3) is 2.48. The molecular formula is C13H22O. The summed E-state index contributed by atoms with van der Waals surface area (Å²) in [4.78, 5) is 0. The molecule has 1 unspecified atom stereocenters.